The standard InChI is InChI=1S/C20H24N6O3/c1-14-15(12-22-26(14)18-7-8-19(27)24-23-18)20(28)21-13-16(17-6-5-11-29-17)25-9-3-2-4-10-25/h5-8,11-12,16H,2-4,9-10,13H2,1H3,(H,21,28)(H,24,27). The van der Waals surface area contributed by atoms with E-state index in [1.54, 1.807) is 19.3 Å². The van der Waals surface area contributed by atoms with Crippen molar-refractivity contribution < 1.29 is 9.21 Å². The van der Waals surface area contributed by atoms with Crippen molar-refractivity contribution in [2.24, 2.45) is 0 Å². The first-order valence-electron chi connectivity index (χ1n) is 9.80. The highest BCUT2D eigenvalue weighted by Crippen LogP contribution is 2.24. The first kappa shape index (κ1) is 19.1. The zero-order valence-corrected chi connectivity index (χ0v) is 16.3. The number of piperidine rings is 1. The van der Waals surface area contributed by atoms with E-state index in [4.69, 9.17) is 4.42 Å². The average molecular weight is 396 g/mol. The van der Waals surface area contributed by atoms with Crippen LogP contribution in [0, 0.1) is 6.92 Å². The Morgan fingerprint density at radius 1 is 1.28 bits per heavy atom. The van der Waals surface area contributed by atoms with E-state index in [1.165, 1.54) is 23.4 Å². The minimum absolute atomic E-state index is 0.00506. The van der Waals surface area contributed by atoms with Crippen LogP contribution in [0.15, 0.2) is 45.9 Å². The Morgan fingerprint density at radius 2 is 2.10 bits per heavy atom. The predicted molar refractivity (Wildman–Crippen MR) is 106 cm³/mol. The molecular formula is C20H24N6O3. The van der Waals surface area contributed by atoms with Gasteiger partial charge in [0, 0.05) is 12.6 Å². The number of aromatic nitrogens is 4. The largest absolute Gasteiger partial charge is 0.468 e. The van der Waals surface area contributed by atoms with E-state index >= 15 is 0 Å². The SMILES string of the molecule is Cc1c(C(=O)NCC(c2ccco2)N2CCCCC2)cnn1-c1ccc(=O)[nH]n1. The Bertz CT molecular complexity index is 997. The predicted octanol–water partition coefficient (Wildman–Crippen LogP) is 1.81. The van der Waals surface area contributed by atoms with E-state index in [1.807, 2.05) is 12.1 Å². The molecule has 0 aliphatic carbocycles. The Hall–Kier alpha value is -3.20. The van der Waals surface area contributed by atoms with Crippen LogP contribution in [0.25, 0.3) is 5.82 Å². The van der Waals surface area contributed by atoms with Crippen molar-refractivity contribution in [3.63, 3.8) is 0 Å². The molecule has 4 heterocycles. The van der Waals surface area contributed by atoms with Gasteiger partial charge in [-0.25, -0.2) is 9.78 Å². The van der Waals surface area contributed by atoms with E-state index < -0.39 is 0 Å². The van der Waals surface area contributed by atoms with Crippen LogP contribution < -0.4 is 10.9 Å². The van der Waals surface area contributed by atoms with E-state index in [2.05, 4.69) is 25.5 Å². The van der Waals surface area contributed by atoms with E-state index in [9.17, 15) is 9.59 Å². The van der Waals surface area contributed by atoms with Crippen LogP contribution >= 0.6 is 0 Å². The van der Waals surface area contributed by atoms with Crippen molar-refractivity contribution in [1.82, 2.24) is 30.2 Å². The van der Waals surface area contributed by atoms with Crippen LogP contribution in [0.3, 0.4) is 0 Å². The van der Waals surface area contributed by atoms with Gasteiger partial charge in [-0.1, -0.05) is 6.42 Å². The maximum atomic E-state index is 12.8. The molecule has 0 aromatic carbocycles. The highest BCUT2D eigenvalue weighted by atomic mass is 16.3. The van der Waals surface area contributed by atoms with Crippen molar-refractivity contribution in [1.29, 1.82) is 0 Å². The lowest BCUT2D eigenvalue weighted by molar-refractivity contribution is 0.0913. The summed E-state index contributed by atoms with van der Waals surface area (Å²) < 4.78 is 7.16. The van der Waals surface area contributed by atoms with Crippen molar-refractivity contribution in [3.8, 4) is 5.82 Å². The van der Waals surface area contributed by atoms with Gasteiger partial charge >= 0.3 is 0 Å². The van der Waals surface area contributed by atoms with Gasteiger partial charge in [0.15, 0.2) is 5.82 Å². The second kappa shape index (κ2) is 8.44. The summed E-state index contributed by atoms with van der Waals surface area (Å²) in [6.07, 6.45) is 6.73. The summed E-state index contributed by atoms with van der Waals surface area (Å²) in [6, 6.07) is 6.76. The normalized spacial score (nSPS) is 15.9. The topological polar surface area (TPSA) is 109 Å². The molecule has 0 saturated carbocycles. The average Bonchev–Trinajstić information content (AvgIpc) is 3.40. The van der Waals surface area contributed by atoms with Gasteiger partial charge in [0.2, 0.25) is 0 Å². The molecule has 3 aromatic heterocycles. The van der Waals surface area contributed by atoms with Gasteiger partial charge in [-0.2, -0.15) is 10.2 Å². The Labute approximate surface area is 167 Å². The molecule has 1 atom stereocenters. The third-order valence-electron chi connectivity index (χ3n) is 5.29. The quantitative estimate of drug-likeness (QED) is 0.658. The van der Waals surface area contributed by atoms with Gasteiger partial charge in [-0.05, 0) is 51.1 Å². The summed E-state index contributed by atoms with van der Waals surface area (Å²) in [6.45, 7) is 4.24. The van der Waals surface area contributed by atoms with Gasteiger partial charge in [-0.3, -0.25) is 14.5 Å². The molecule has 0 radical (unpaired) electrons. The highest BCUT2D eigenvalue weighted by Gasteiger charge is 2.25. The van der Waals surface area contributed by atoms with Gasteiger partial charge < -0.3 is 9.73 Å². The lowest BCUT2D eigenvalue weighted by Gasteiger charge is -2.33. The molecule has 9 nitrogen and oxygen atoms in total. The van der Waals surface area contributed by atoms with Crippen molar-refractivity contribution in [2.75, 3.05) is 19.6 Å². The fourth-order valence-electron chi connectivity index (χ4n) is 3.72. The number of likely N-dealkylation sites (tertiary alicyclic amines) is 1. The number of furan rings is 1. The molecule has 152 valence electrons. The number of nitrogens with zero attached hydrogens (tertiary/aromatic N) is 4. The molecule has 1 fully saturated rings. The smallest absolute Gasteiger partial charge is 0.264 e. The van der Waals surface area contributed by atoms with E-state index in [0.717, 1.165) is 31.7 Å². The second-order valence-corrected chi connectivity index (χ2v) is 7.17. The highest BCUT2D eigenvalue weighted by molar-refractivity contribution is 5.95. The molecule has 9 heteroatoms. The molecule has 1 aliphatic rings. The lowest BCUT2D eigenvalue weighted by atomic mass is 10.1. The number of hydrogen-bond acceptors (Lipinski definition) is 6. The molecule has 0 bridgehead atoms. The Balaban J connectivity index is 1.48. The first-order valence-corrected chi connectivity index (χ1v) is 9.80. The summed E-state index contributed by atoms with van der Waals surface area (Å²) in [5, 5.41) is 13.6. The van der Waals surface area contributed by atoms with Crippen molar-refractivity contribution in [3.05, 3.63) is 64.1 Å². The third-order valence-corrected chi connectivity index (χ3v) is 5.29. The number of rotatable bonds is 6. The third kappa shape index (κ3) is 4.14. The lowest BCUT2D eigenvalue weighted by Crippen LogP contribution is -2.40. The number of hydrogen-bond donors (Lipinski definition) is 2. The molecular weight excluding hydrogens is 372 g/mol. The number of aromatic amines is 1. The van der Waals surface area contributed by atoms with Crippen LogP contribution in [0.5, 0.6) is 0 Å². The molecule has 1 saturated heterocycles. The number of carbonyl (C=O) groups is 1. The van der Waals surface area contributed by atoms with Crippen LogP contribution in [0.4, 0.5) is 0 Å². The monoisotopic (exact) mass is 396 g/mol. The molecule has 1 amide bonds. The zero-order chi connectivity index (χ0) is 20.2. The molecule has 0 spiro atoms. The second-order valence-electron chi connectivity index (χ2n) is 7.17. The number of carbonyl (C=O) groups excluding carboxylic acids is 1. The Morgan fingerprint density at radius 3 is 2.79 bits per heavy atom. The van der Waals surface area contributed by atoms with Crippen molar-refractivity contribution in [2.45, 2.75) is 32.2 Å². The summed E-state index contributed by atoms with van der Waals surface area (Å²) in [5.41, 5.74) is 0.822. The van der Waals surface area contributed by atoms with Crippen molar-refractivity contribution >= 4 is 5.91 Å². The molecule has 29 heavy (non-hydrogen) atoms. The minimum atomic E-state index is -0.293. The van der Waals surface area contributed by atoms with Gasteiger partial charge in [0.25, 0.3) is 11.5 Å². The van der Waals surface area contributed by atoms with Crippen LogP contribution in [0.2, 0.25) is 0 Å². The number of H-pyrrole nitrogens is 1. The maximum absolute atomic E-state index is 12.8. The summed E-state index contributed by atoms with van der Waals surface area (Å²) in [5.74, 6) is 1.10. The molecule has 2 N–H and O–H groups in total. The fraction of sp³-hybridized carbons (Fsp3) is 0.400. The van der Waals surface area contributed by atoms with Crippen LogP contribution in [-0.4, -0.2) is 50.4 Å². The van der Waals surface area contributed by atoms with E-state index in [-0.39, 0.29) is 17.5 Å². The molecule has 1 unspecified atom stereocenters. The molecule has 3 aromatic rings. The maximum Gasteiger partial charge on any atom is 0.264 e. The fourth-order valence-corrected chi connectivity index (χ4v) is 3.72. The summed E-state index contributed by atoms with van der Waals surface area (Å²) in [4.78, 5) is 26.4. The molecule has 1 aliphatic heterocycles. The van der Waals surface area contributed by atoms with Crippen LogP contribution in [0.1, 0.15) is 47.1 Å². The number of nitrogens with one attached hydrogen (secondary N) is 2. The number of amides is 1. The molecule has 4 rings (SSSR count). The minimum Gasteiger partial charge on any atom is -0.468 e. The Kier molecular flexibility index (Phi) is 5.57. The van der Waals surface area contributed by atoms with E-state index in [0.29, 0.717) is 23.6 Å². The van der Waals surface area contributed by atoms with Gasteiger partial charge in [-0.15, -0.1) is 0 Å². The van der Waals surface area contributed by atoms with Gasteiger partial charge in [0.1, 0.15) is 5.76 Å². The zero-order valence-electron chi connectivity index (χ0n) is 16.3. The summed E-state index contributed by atoms with van der Waals surface area (Å²) >= 11 is 0. The first-order chi connectivity index (χ1) is 14.1. The van der Waals surface area contributed by atoms with Gasteiger partial charge in [0.05, 0.1) is 29.8 Å². The van der Waals surface area contributed by atoms with Crippen LogP contribution in [-0.2, 0) is 0 Å². The summed E-state index contributed by atoms with van der Waals surface area (Å²) in [7, 11) is 0.